The van der Waals surface area contributed by atoms with Gasteiger partial charge in [0.05, 0.1) is 11.8 Å². The Morgan fingerprint density at radius 1 is 1.65 bits per heavy atom. The van der Waals surface area contributed by atoms with Gasteiger partial charge in [0, 0.05) is 20.1 Å². The number of hydrogen-bond donors (Lipinski definition) is 1. The number of carbonyl (C=O) groups excluding carboxylic acids is 1. The van der Waals surface area contributed by atoms with Crippen LogP contribution in [0.3, 0.4) is 0 Å². The SMILES string of the molecule is CCc1cc(C(=O)N2CCCC(O)C2)n(C)n1. The maximum Gasteiger partial charge on any atom is 0.272 e. The summed E-state index contributed by atoms with van der Waals surface area (Å²) in [6, 6.07) is 1.84. The molecule has 2 rings (SSSR count). The molecule has 0 saturated carbocycles. The number of β-amino-alcohol motifs (C(OH)–C–C–N with tert-alkyl or cyclic N) is 1. The second-order valence-corrected chi connectivity index (χ2v) is 4.55. The molecule has 1 saturated heterocycles. The molecule has 1 amide bonds. The highest BCUT2D eigenvalue weighted by Gasteiger charge is 2.25. The zero-order valence-electron chi connectivity index (χ0n) is 10.4. The van der Waals surface area contributed by atoms with Crippen LogP contribution in [0.15, 0.2) is 6.07 Å². The third-order valence-corrected chi connectivity index (χ3v) is 3.20. The van der Waals surface area contributed by atoms with Gasteiger partial charge in [-0.1, -0.05) is 6.92 Å². The van der Waals surface area contributed by atoms with E-state index in [1.54, 1.807) is 16.6 Å². The highest BCUT2D eigenvalue weighted by Crippen LogP contribution is 2.14. The van der Waals surface area contributed by atoms with E-state index >= 15 is 0 Å². The molecule has 17 heavy (non-hydrogen) atoms. The topological polar surface area (TPSA) is 58.4 Å². The van der Waals surface area contributed by atoms with E-state index in [4.69, 9.17) is 0 Å². The smallest absolute Gasteiger partial charge is 0.272 e. The summed E-state index contributed by atoms with van der Waals surface area (Å²) in [4.78, 5) is 14.0. The Morgan fingerprint density at radius 3 is 3.00 bits per heavy atom. The number of amides is 1. The first-order valence-electron chi connectivity index (χ1n) is 6.12. The average molecular weight is 237 g/mol. The van der Waals surface area contributed by atoms with Crippen LogP contribution in [-0.2, 0) is 13.5 Å². The van der Waals surface area contributed by atoms with Crippen molar-refractivity contribution in [1.29, 1.82) is 0 Å². The van der Waals surface area contributed by atoms with Gasteiger partial charge >= 0.3 is 0 Å². The fraction of sp³-hybridized carbons (Fsp3) is 0.667. The molecule has 1 aromatic rings. The fourth-order valence-electron chi connectivity index (χ4n) is 2.20. The first kappa shape index (κ1) is 12.1. The predicted octanol–water partition coefficient (Wildman–Crippen LogP) is 0.579. The lowest BCUT2D eigenvalue weighted by atomic mass is 10.1. The van der Waals surface area contributed by atoms with Gasteiger partial charge in [0.15, 0.2) is 0 Å². The molecule has 1 aliphatic rings. The Balaban J connectivity index is 2.15. The summed E-state index contributed by atoms with van der Waals surface area (Å²) < 4.78 is 1.63. The van der Waals surface area contributed by atoms with E-state index in [0.717, 1.165) is 31.5 Å². The van der Waals surface area contributed by atoms with E-state index in [0.29, 0.717) is 12.2 Å². The summed E-state index contributed by atoms with van der Waals surface area (Å²) in [5.41, 5.74) is 1.53. The van der Waals surface area contributed by atoms with Crippen molar-refractivity contribution in [3.8, 4) is 0 Å². The van der Waals surface area contributed by atoms with Crippen LogP contribution in [0.2, 0.25) is 0 Å². The molecule has 1 aliphatic heterocycles. The van der Waals surface area contributed by atoms with Gasteiger partial charge in [-0.25, -0.2) is 0 Å². The summed E-state index contributed by atoms with van der Waals surface area (Å²) in [6.45, 7) is 3.18. The zero-order valence-corrected chi connectivity index (χ0v) is 10.4. The lowest BCUT2D eigenvalue weighted by Gasteiger charge is -2.29. The summed E-state index contributed by atoms with van der Waals surface area (Å²) in [7, 11) is 1.78. The van der Waals surface area contributed by atoms with Crippen LogP contribution < -0.4 is 0 Å². The minimum Gasteiger partial charge on any atom is -0.391 e. The Hall–Kier alpha value is -1.36. The second-order valence-electron chi connectivity index (χ2n) is 4.55. The third kappa shape index (κ3) is 2.49. The summed E-state index contributed by atoms with van der Waals surface area (Å²) >= 11 is 0. The van der Waals surface area contributed by atoms with Gasteiger partial charge in [-0.05, 0) is 25.3 Å². The molecule has 1 fully saturated rings. The van der Waals surface area contributed by atoms with Crippen molar-refractivity contribution in [3.63, 3.8) is 0 Å². The molecule has 5 nitrogen and oxygen atoms in total. The number of aromatic nitrogens is 2. The number of rotatable bonds is 2. The largest absolute Gasteiger partial charge is 0.391 e. The van der Waals surface area contributed by atoms with Crippen molar-refractivity contribution in [2.75, 3.05) is 13.1 Å². The van der Waals surface area contributed by atoms with Crippen LogP contribution in [0, 0.1) is 0 Å². The van der Waals surface area contributed by atoms with E-state index in [1.165, 1.54) is 0 Å². The number of aliphatic hydroxyl groups is 1. The van der Waals surface area contributed by atoms with E-state index in [-0.39, 0.29) is 12.0 Å². The maximum atomic E-state index is 12.2. The van der Waals surface area contributed by atoms with Gasteiger partial charge < -0.3 is 10.0 Å². The molecule has 0 aromatic carbocycles. The quantitative estimate of drug-likeness (QED) is 0.818. The molecule has 94 valence electrons. The van der Waals surface area contributed by atoms with Crippen LogP contribution in [-0.4, -0.2) is 44.9 Å². The molecule has 0 bridgehead atoms. The first-order valence-corrected chi connectivity index (χ1v) is 6.12. The standard InChI is InChI=1S/C12H19N3O2/c1-3-9-7-11(14(2)13-9)12(17)15-6-4-5-10(16)8-15/h7,10,16H,3-6,8H2,1-2H3. The number of hydrogen-bond acceptors (Lipinski definition) is 3. The highest BCUT2D eigenvalue weighted by molar-refractivity contribution is 5.92. The fourth-order valence-corrected chi connectivity index (χ4v) is 2.20. The Morgan fingerprint density at radius 2 is 2.41 bits per heavy atom. The van der Waals surface area contributed by atoms with Crippen LogP contribution >= 0.6 is 0 Å². The van der Waals surface area contributed by atoms with E-state index in [2.05, 4.69) is 5.10 Å². The van der Waals surface area contributed by atoms with Gasteiger partial charge in [-0.15, -0.1) is 0 Å². The summed E-state index contributed by atoms with van der Waals surface area (Å²) in [5, 5.41) is 13.9. The second kappa shape index (κ2) is 4.87. The van der Waals surface area contributed by atoms with E-state index in [9.17, 15) is 9.90 Å². The molecule has 1 aromatic heterocycles. The van der Waals surface area contributed by atoms with Gasteiger partial charge in [-0.3, -0.25) is 9.48 Å². The number of aryl methyl sites for hydroxylation is 2. The average Bonchev–Trinajstić information content (AvgIpc) is 2.69. The van der Waals surface area contributed by atoms with Gasteiger partial charge in [0.1, 0.15) is 5.69 Å². The molecule has 1 unspecified atom stereocenters. The van der Waals surface area contributed by atoms with E-state index < -0.39 is 0 Å². The molecule has 1 atom stereocenters. The molecular formula is C12H19N3O2. The Kier molecular flexibility index (Phi) is 3.47. The van der Waals surface area contributed by atoms with Crippen molar-refractivity contribution in [3.05, 3.63) is 17.5 Å². The molecule has 0 spiro atoms. The molecule has 0 aliphatic carbocycles. The van der Waals surface area contributed by atoms with Gasteiger partial charge in [0.25, 0.3) is 5.91 Å². The number of nitrogens with zero attached hydrogens (tertiary/aromatic N) is 3. The number of piperidine rings is 1. The Labute approximate surface area is 101 Å². The van der Waals surface area contributed by atoms with E-state index in [1.807, 2.05) is 13.0 Å². The molecular weight excluding hydrogens is 218 g/mol. The van der Waals surface area contributed by atoms with Crippen molar-refractivity contribution < 1.29 is 9.90 Å². The van der Waals surface area contributed by atoms with Gasteiger partial charge in [-0.2, -0.15) is 5.10 Å². The lowest BCUT2D eigenvalue weighted by molar-refractivity contribution is 0.0465. The Bertz CT molecular complexity index is 414. The maximum absolute atomic E-state index is 12.2. The van der Waals surface area contributed by atoms with Crippen molar-refractivity contribution in [1.82, 2.24) is 14.7 Å². The molecule has 1 N–H and O–H groups in total. The summed E-state index contributed by atoms with van der Waals surface area (Å²) in [6.07, 6.45) is 2.09. The molecule has 2 heterocycles. The minimum absolute atomic E-state index is 0.0292. The van der Waals surface area contributed by atoms with Crippen molar-refractivity contribution in [2.24, 2.45) is 7.05 Å². The van der Waals surface area contributed by atoms with Crippen LogP contribution in [0.25, 0.3) is 0 Å². The van der Waals surface area contributed by atoms with Crippen LogP contribution in [0.4, 0.5) is 0 Å². The number of aliphatic hydroxyl groups excluding tert-OH is 1. The monoisotopic (exact) mass is 237 g/mol. The third-order valence-electron chi connectivity index (χ3n) is 3.20. The number of carbonyl (C=O) groups is 1. The van der Waals surface area contributed by atoms with Crippen molar-refractivity contribution in [2.45, 2.75) is 32.3 Å². The van der Waals surface area contributed by atoms with Crippen molar-refractivity contribution >= 4 is 5.91 Å². The predicted molar refractivity (Wildman–Crippen MR) is 63.7 cm³/mol. The molecule has 0 radical (unpaired) electrons. The zero-order chi connectivity index (χ0) is 12.4. The summed E-state index contributed by atoms with van der Waals surface area (Å²) in [5.74, 6) is -0.0292. The van der Waals surface area contributed by atoms with Gasteiger partial charge in [0.2, 0.25) is 0 Å². The minimum atomic E-state index is -0.383. The van der Waals surface area contributed by atoms with Crippen LogP contribution in [0.5, 0.6) is 0 Å². The lowest BCUT2D eigenvalue weighted by Crippen LogP contribution is -2.42. The highest BCUT2D eigenvalue weighted by atomic mass is 16.3. The van der Waals surface area contributed by atoms with Crippen LogP contribution in [0.1, 0.15) is 35.9 Å². The number of likely N-dealkylation sites (tertiary alicyclic amines) is 1. The molecule has 5 heteroatoms. The first-order chi connectivity index (χ1) is 8.11. The normalized spacial score (nSPS) is 20.6.